The van der Waals surface area contributed by atoms with Gasteiger partial charge in [0.2, 0.25) is 0 Å². The Labute approximate surface area is 108 Å². The van der Waals surface area contributed by atoms with Crippen molar-refractivity contribution < 1.29 is 9.84 Å². The van der Waals surface area contributed by atoms with E-state index in [1.807, 2.05) is 32.0 Å². The molecule has 0 radical (unpaired) electrons. The van der Waals surface area contributed by atoms with Gasteiger partial charge in [0.05, 0.1) is 7.11 Å². The number of halogens is 1. The number of rotatable bonds is 5. The van der Waals surface area contributed by atoms with E-state index in [1.165, 1.54) is 0 Å². The van der Waals surface area contributed by atoms with Crippen LogP contribution in [0.15, 0.2) is 18.2 Å². The van der Waals surface area contributed by atoms with Crippen LogP contribution in [0.1, 0.15) is 31.7 Å². The van der Waals surface area contributed by atoms with Gasteiger partial charge in [-0.2, -0.15) is 0 Å². The molecular formula is C13H20ClNO2. The van der Waals surface area contributed by atoms with Crippen LogP contribution in [0, 0.1) is 0 Å². The lowest BCUT2D eigenvalue weighted by molar-refractivity contribution is 0.248. The van der Waals surface area contributed by atoms with Crippen LogP contribution < -0.4 is 10.5 Å². The van der Waals surface area contributed by atoms with Gasteiger partial charge in [-0.1, -0.05) is 17.7 Å². The first-order chi connectivity index (χ1) is 7.91. The first kappa shape index (κ1) is 14.3. The summed E-state index contributed by atoms with van der Waals surface area (Å²) in [5.41, 5.74) is 6.57. The van der Waals surface area contributed by atoms with E-state index in [-0.39, 0.29) is 12.5 Å². The fourth-order valence-corrected chi connectivity index (χ4v) is 2.35. The monoisotopic (exact) mass is 257 g/mol. The van der Waals surface area contributed by atoms with Gasteiger partial charge >= 0.3 is 0 Å². The van der Waals surface area contributed by atoms with Crippen LogP contribution in [0.4, 0.5) is 0 Å². The van der Waals surface area contributed by atoms with E-state index in [9.17, 15) is 5.11 Å². The summed E-state index contributed by atoms with van der Waals surface area (Å²) in [5, 5.41) is 9.80. The maximum absolute atomic E-state index is 9.18. The van der Waals surface area contributed by atoms with Crippen molar-refractivity contribution >= 4 is 11.6 Å². The molecule has 0 aliphatic rings. The van der Waals surface area contributed by atoms with E-state index in [0.717, 1.165) is 11.3 Å². The second kappa shape index (κ2) is 5.71. The molecule has 3 nitrogen and oxygen atoms in total. The molecule has 1 unspecified atom stereocenters. The van der Waals surface area contributed by atoms with E-state index in [0.29, 0.717) is 11.4 Å². The number of hydrogen-bond donors (Lipinski definition) is 2. The normalized spacial score (nSPS) is 13.5. The molecule has 1 aromatic rings. The molecule has 17 heavy (non-hydrogen) atoms. The molecule has 0 heterocycles. The second-order valence-corrected chi connectivity index (χ2v) is 5.15. The minimum absolute atomic E-state index is 0.0452. The SMILES string of the molecule is COc1cccc(Cl)c1C(CCO)C(C)(C)N. The molecule has 0 aliphatic heterocycles. The predicted molar refractivity (Wildman–Crippen MR) is 70.7 cm³/mol. The van der Waals surface area contributed by atoms with Gasteiger partial charge in [0, 0.05) is 28.6 Å². The van der Waals surface area contributed by atoms with Gasteiger partial charge in [-0.3, -0.25) is 0 Å². The lowest BCUT2D eigenvalue weighted by Crippen LogP contribution is -2.40. The highest BCUT2D eigenvalue weighted by Crippen LogP contribution is 2.39. The molecule has 4 heteroatoms. The second-order valence-electron chi connectivity index (χ2n) is 4.74. The number of aliphatic hydroxyl groups is 1. The lowest BCUT2D eigenvalue weighted by Gasteiger charge is -2.32. The molecule has 0 bridgehead atoms. The van der Waals surface area contributed by atoms with Crippen molar-refractivity contribution in [3.63, 3.8) is 0 Å². The number of ether oxygens (including phenoxy) is 1. The van der Waals surface area contributed by atoms with Crippen LogP contribution in [0.3, 0.4) is 0 Å². The standard InChI is InChI=1S/C13H20ClNO2/c1-13(2,15)9(7-8-16)12-10(14)5-4-6-11(12)17-3/h4-6,9,16H,7-8,15H2,1-3H3. The molecule has 0 fully saturated rings. The Morgan fingerprint density at radius 3 is 2.59 bits per heavy atom. The summed E-state index contributed by atoms with van der Waals surface area (Å²) < 4.78 is 5.33. The van der Waals surface area contributed by atoms with Crippen LogP contribution in [-0.4, -0.2) is 24.4 Å². The van der Waals surface area contributed by atoms with Gasteiger partial charge < -0.3 is 15.6 Å². The maximum atomic E-state index is 9.18. The van der Waals surface area contributed by atoms with Crippen LogP contribution in [0.25, 0.3) is 0 Å². The van der Waals surface area contributed by atoms with Crippen molar-refractivity contribution in [3.05, 3.63) is 28.8 Å². The summed E-state index contributed by atoms with van der Waals surface area (Å²) in [4.78, 5) is 0. The number of nitrogens with two attached hydrogens (primary N) is 1. The summed E-state index contributed by atoms with van der Waals surface area (Å²) in [6.45, 7) is 3.92. The molecule has 96 valence electrons. The number of benzene rings is 1. The van der Waals surface area contributed by atoms with E-state index in [1.54, 1.807) is 7.11 Å². The molecule has 0 aliphatic carbocycles. The molecule has 0 spiro atoms. The van der Waals surface area contributed by atoms with E-state index >= 15 is 0 Å². The molecule has 0 aromatic heterocycles. The van der Waals surface area contributed by atoms with Crippen molar-refractivity contribution in [2.24, 2.45) is 5.73 Å². The topological polar surface area (TPSA) is 55.5 Å². The highest BCUT2D eigenvalue weighted by atomic mass is 35.5. The number of methoxy groups -OCH3 is 1. The molecular weight excluding hydrogens is 238 g/mol. The first-order valence-electron chi connectivity index (χ1n) is 5.64. The third kappa shape index (κ3) is 3.35. The van der Waals surface area contributed by atoms with Crippen molar-refractivity contribution in [1.29, 1.82) is 0 Å². The fraction of sp³-hybridized carbons (Fsp3) is 0.538. The lowest BCUT2D eigenvalue weighted by atomic mass is 9.80. The van der Waals surface area contributed by atoms with Crippen molar-refractivity contribution in [2.75, 3.05) is 13.7 Å². The Bertz CT molecular complexity index is 374. The van der Waals surface area contributed by atoms with E-state index in [4.69, 9.17) is 22.1 Å². The van der Waals surface area contributed by atoms with Gasteiger partial charge in [0.15, 0.2) is 0 Å². The quantitative estimate of drug-likeness (QED) is 0.852. The Hall–Kier alpha value is -0.770. The number of hydrogen-bond acceptors (Lipinski definition) is 3. The predicted octanol–water partition coefficient (Wildman–Crippen LogP) is 2.55. The third-order valence-corrected chi connectivity index (χ3v) is 3.23. The maximum Gasteiger partial charge on any atom is 0.123 e. The highest BCUT2D eigenvalue weighted by Gasteiger charge is 2.30. The average molecular weight is 258 g/mol. The summed E-state index contributed by atoms with van der Waals surface area (Å²) in [6, 6.07) is 5.51. The third-order valence-electron chi connectivity index (χ3n) is 2.90. The van der Waals surface area contributed by atoms with Crippen LogP contribution in [0.2, 0.25) is 5.02 Å². The molecule has 0 saturated carbocycles. The largest absolute Gasteiger partial charge is 0.496 e. The zero-order valence-electron chi connectivity index (χ0n) is 10.5. The highest BCUT2D eigenvalue weighted by molar-refractivity contribution is 6.31. The molecule has 3 N–H and O–H groups in total. The van der Waals surface area contributed by atoms with Crippen LogP contribution >= 0.6 is 11.6 Å². The summed E-state index contributed by atoms with van der Waals surface area (Å²) in [5.74, 6) is 0.672. The van der Waals surface area contributed by atoms with Gasteiger partial charge in [-0.05, 0) is 32.4 Å². The zero-order chi connectivity index (χ0) is 13.1. The Morgan fingerprint density at radius 2 is 2.12 bits per heavy atom. The molecule has 1 rings (SSSR count). The van der Waals surface area contributed by atoms with Crippen LogP contribution in [-0.2, 0) is 0 Å². The molecule has 0 saturated heterocycles. The molecule has 1 atom stereocenters. The summed E-state index contributed by atoms with van der Waals surface area (Å²) in [6.07, 6.45) is 0.559. The van der Waals surface area contributed by atoms with Gasteiger partial charge in [-0.25, -0.2) is 0 Å². The average Bonchev–Trinajstić information content (AvgIpc) is 2.25. The molecule has 1 aromatic carbocycles. The first-order valence-corrected chi connectivity index (χ1v) is 6.01. The molecule has 0 amide bonds. The van der Waals surface area contributed by atoms with Gasteiger partial charge in [-0.15, -0.1) is 0 Å². The van der Waals surface area contributed by atoms with Gasteiger partial charge in [0.25, 0.3) is 0 Å². The van der Waals surface area contributed by atoms with E-state index in [2.05, 4.69) is 0 Å². The Kier molecular flexibility index (Phi) is 4.80. The smallest absolute Gasteiger partial charge is 0.123 e. The minimum atomic E-state index is -0.471. The van der Waals surface area contributed by atoms with Crippen molar-refractivity contribution in [1.82, 2.24) is 0 Å². The zero-order valence-corrected chi connectivity index (χ0v) is 11.3. The number of aliphatic hydroxyl groups excluding tert-OH is 1. The Balaban J connectivity index is 3.26. The van der Waals surface area contributed by atoms with Crippen molar-refractivity contribution in [2.45, 2.75) is 31.7 Å². The van der Waals surface area contributed by atoms with Gasteiger partial charge in [0.1, 0.15) is 5.75 Å². The van der Waals surface area contributed by atoms with E-state index < -0.39 is 5.54 Å². The fourth-order valence-electron chi connectivity index (χ4n) is 2.05. The minimum Gasteiger partial charge on any atom is -0.496 e. The summed E-state index contributed by atoms with van der Waals surface area (Å²) in [7, 11) is 1.61. The summed E-state index contributed by atoms with van der Waals surface area (Å²) >= 11 is 6.23. The van der Waals surface area contributed by atoms with Crippen LogP contribution in [0.5, 0.6) is 5.75 Å². The van der Waals surface area contributed by atoms with Crippen molar-refractivity contribution in [3.8, 4) is 5.75 Å². The Morgan fingerprint density at radius 1 is 1.47 bits per heavy atom.